The standard InChI is InChI=1S/C7H11N3O3/c1-13-9-4-7(12)10-3-2-8-6(11)5-10/h4H,2-3,5H2,1H3,(H,8,11)/b9-4+. The summed E-state index contributed by atoms with van der Waals surface area (Å²) in [4.78, 5) is 27.8. The van der Waals surface area contributed by atoms with Crippen LogP contribution in [0, 0.1) is 0 Å². The third kappa shape index (κ3) is 2.73. The summed E-state index contributed by atoms with van der Waals surface area (Å²) in [6.07, 6.45) is 1.05. The van der Waals surface area contributed by atoms with Crippen LogP contribution in [0.5, 0.6) is 0 Å². The molecule has 2 amide bonds. The fourth-order valence-electron chi connectivity index (χ4n) is 1.01. The Balaban J connectivity index is 2.46. The van der Waals surface area contributed by atoms with Crippen molar-refractivity contribution in [3.63, 3.8) is 0 Å². The van der Waals surface area contributed by atoms with Crippen LogP contribution in [-0.2, 0) is 14.4 Å². The summed E-state index contributed by atoms with van der Waals surface area (Å²) in [5.41, 5.74) is 0. The van der Waals surface area contributed by atoms with E-state index in [0.29, 0.717) is 13.1 Å². The van der Waals surface area contributed by atoms with Gasteiger partial charge in [0.1, 0.15) is 13.3 Å². The molecule has 0 aromatic rings. The van der Waals surface area contributed by atoms with Crippen LogP contribution in [-0.4, -0.2) is 49.7 Å². The van der Waals surface area contributed by atoms with Crippen LogP contribution in [0.2, 0.25) is 0 Å². The van der Waals surface area contributed by atoms with Crippen LogP contribution in [0.15, 0.2) is 5.16 Å². The van der Waals surface area contributed by atoms with Gasteiger partial charge >= 0.3 is 0 Å². The maximum Gasteiger partial charge on any atom is 0.268 e. The first-order chi connectivity index (χ1) is 6.24. The lowest BCUT2D eigenvalue weighted by Crippen LogP contribution is -2.50. The molecule has 0 aromatic heterocycles. The minimum Gasteiger partial charge on any atom is -0.399 e. The summed E-state index contributed by atoms with van der Waals surface area (Å²) < 4.78 is 0. The van der Waals surface area contributed by atoms with E-state index < -0.39 is 0 Å². The maximum absolute atomic E-state index is 11.2. The van der Waals surface area contributed by atoms with Crippen LogP contribution < -0.4 is 5.32 Å². The Morgan fingerprint density at radius 2 is 2.54 bits per heavy atom. The van der Waals surface area contributed by atoms with Crippen LogP contribution >= 0.6 is 0 Å². The first kappa shape index (κ1) is 9.50. The molecule has 0 saturated carbocycles. The summed E-state index contributed by atoms with van der Waals surface area (Å²) >= 11 is 0. The Morgan fingerprint density at radius 1 is 1.77 bits per heavy atom. The Labute approximate surface area is 75.5 Å². The zero-order valence-electron chi connectivity index (χ0n) is 7.32. The molecule has 1 heterocycles. The van der Waals surface area contributed by atoms with E-state index in [1.807, 2.05) is 0 Å². The van der Waals surface area contributed by atoms with Gasteiger partial charge in [-0.05, 0) is 0 Å². The second-order valence-corrected chi connectivity index (χ2v) is 2.53. The first-order valence-electron chi connectivity index (χ1n) is 3.86. The molecule has 13 heavy (non-hydrogen) atoms. The van der Waals surface area contributed by atoms with Crippen molar-refractivity contribution in [3.8, 4) is 0 Å². The molecule has 0 aromatic carbocycles. The Morgan fingerprint density at radius 3 is 3.15 bits per heavy atom. The van der Waals surface area contributed by atoms with E-state index >= 15 is 0 Å². The fourth-order valence-corrected chi connectivity index (χ4v) is 1.01. The molecule has 0 atom stereocenters. The molecule has 1 N–H and O–H groups in total. The lowest BCUT2D eigenvalue weighted by molar-refractivity contribution is -0.133. The highest BCUT2D eigenvalue weighted by Crippen LogP contribution is 1.92. The molecular weight excluding hydrogens is 174 g/mol. The summed E-state index contributed by atoms with van der Waals surface area (Å²) in [5, 5.41) is 5.94. The van der Waals surface area contributed by atoms with Gasteiger partial charge in [0.05, 0.1) is 6.54 Å². The predicted octanol–water partition coefficient (Wildman–Crippen LogP) is -1.42. The number of hydrogen-bond donors (Lipinski definition) is 1. The number of piperazine rings is 1. The van der Waals surface area contributed by atoms with Crippen molar-refractivity contribution in [1.82, 2.24) is 10.2 Å². The number of amides is 2. The normalized spacial score (nSPS) is 17.3. The van der Waals surface area contributed by atoms with Gasteiger partial charge in [0.25, 0.3) is 5.91 Å². The number of nitrogens with one attached hydrogen (secondary N) is 1. The van der Waals surface area contributed by atoms with E-state index in [0.717, 1.165) is 6.21 Å². The number of carbonyl (C=O) groups is 2. The van der Waals surface area contributed by atoms with Crippen molar-refractivity contribution < 1.29 is 14.4 Å². The molecule has 0 spiro atoms. The quantitative estimate of drug-likeness (QED) is 0.424. The third-order valence-corrected chi connectivity index (χ3v) is 1.62. The summed E-state index contributed by atoms with van der Waals surface area (Å²) in [6, 6.07) is 0. The number of oxime groups is 1. The largest absolute Gasteiger partial charge is 0.399 e. The van der Waals surface area contributed by atoms with Crippen molar-refractivity contribution in [3.05, 3.63) is 0 Å². The van der Waals surface area contributed by atoms with Crippen molar-refractivity contribution in [1.29, 1.82) is 0 Å². The molecule has 1 saturated heterocycles. The van der Waals surface area contributed by atoms with Crippen LogP contribution in [0.25, 0.3) is 0 Å². The molecule has 0 unspecified atom stereocenters. The van der Waals surface area contributed by atoms with Crippen molar-refractivity contribution >= 4 is 18.0 Å². The SMILES string of the molecule is CO/N=C/C(=O)N1CCNC(=O)C1. The van der Waals surface area contributed by atoms with E-state index in [9.17, 15) is 9.59 Å². The highest BCUT2D eigenvalue weighted by Gasteiger charge is 2.19. The molecule has 1 rings (SSSR count). The fraction of sp³-hybridized carbons (Fsp3) is 0.571. The van der Waals surface area contributed by atoms with Gasteiger partial charge < -0.3 is 15.1 Å². The lowest BCUT2D eigenvalue weighted by Gasteiger charge is -2.24. The summed E-state index contributed by atoms with van der Waals surface area (Å²) in [7, 11) is 1.35. The lowest BCUT2D eigenvalue weighted by atomic mass is 10.3. The van der Waals surface area contributed by atoms with E-state index in [4.69, 9.17) is 0 Å². The molecule has 6 nitrogen and oxygen atoms in total. The molecular formula is C7H11N3O3. The highest BCUT2D eigenvalue weighted by atomic mass is 16.6. The van der Waals surface area contributed by atoms with Gasteiger partial charge in [0, 0.05) is 13.1 Å². The zero-order valence-corrected chi connectivity index (χ0v) is 7.32. The Hall–Kier alpha value is -1.59. The monoisotopic (exact) mass is 185 g/mol. The number of nitrogens with zero attached hydrogens (tertiary/aromatic N) is 2. The average Bonchev–Trinajstić information content (AvgIpc) is 2.14. The minimum absolute atomic E-state index is 0.0918. The van der Waals surface area contributed by atoms with Gasteiger partial charge in [-0.25, -0.2) is 0 Å². The van der Waals surface area contributed by atoms with Gasteiger partial charge in [0.15, 0.2) is 0 Å². The Bertz CT molecular complexity index is 239. The highest BCUT2D eigenvalue weighted by molar-refractivity contribution is 6.26. The third-order valence-electron chi connectivity index (χ3n) is 1.62. The minimum atomic E-state index is -0.309. The number of hydrogen-bond acceptors (Lipinski definition) is 4. The summed E-state index contributed by atoms with van der Waals surface area (Å²) in [6.45, 7) is 1.10. The van der Waals surface area contributed by atoms with Crippen molar-refractivity contribution in [2.75, 3.05) is 26.7 Å². The average molecular weight is 185 g/mol. The van der Waals surface area contributed by atoms with Gasteiger partial charge in [0.2, 0.25) is 5.91 Å². The van der Waals surface area contributed by atoms with Gasteiger partial charge in [-0.2, -0.15) is 0 Å². The number of rotatable bonds is 2. The molecule has 1 aliphatic heterocycles. The van der Waals surface area contributed by atoms with Crippen LogP contribution in [0.1, 0.15) is 0 Å². The molecule has 0 bridgehead atoms. The second-order valence-electron chi connectivity index (χ2n) is 2.53. The zero-order chi connectivity index (χ0) is 9.68. The molecule has 72 valence electrons. The van der Waals surface area contributed by atoms with Gasteiger partial charge in [-0.1, -0.05) is 5.16 Å². The van der Waals surface area contributed by atoms with Crippen LogP contribution in [0.4, 0.5) is 0 Å². The topological polar surface area (TPSA) is 71.0 Å². The van der Waals surface area contributed by atoms with Gasteiger partial charge in [-0.3, -0.25) is 9.59 Å². The second kappa shape index (κ2) is 4.44. The van der Waals surface area contributed by atoms with Crippen molar-refractivity contribution in [2.24, 2.45) is 5.16 Å². The molecule has 6 heteroatoms. The predicted molar refractivity (Wildman–Crippen MR) is 45.1 cm³/mol. The molecule has 1 aliphatic rings. The van der Waals surface area contributed by atoms with Crippen molar-refractivity contribution in [2.45, 2.75) is 0 Å². The van der Waals surface area contributed by atoms with E-state index in [1.54, 1.807) is 0 Å². The summed E-state index contributed by atoms with van der Waals surface area (Å²) in [5.74, 6) is -0.456. The van der Waals surface area contributed by atoms with Gasteiger partial charge in [-0.15, -0.1) is 0 Å². The number of carbonyl (C=O) groups excluding carboxylic acids is 2. The molecule has 1 fully saturated rings. The maximum atomic E-state index is 11.2. The van der Waals surface area contributed by atoms with E-state index in [1.165, 1.54) is 12.0 Å². The molecule has 0 radical (unpaired) electrons. The first-order valence-corrected chi connectivity index (χ1v) is 3.86. The molecule has 0 aliphatic carbocycles. The van der Waals surface area contributed by atoms with E-state index in [2.05, 4.69) is 15.3 Å². The van der Waals surface area contributed by atoms with E-state index in [-0.39, 0.29) is 18.4 Å². The smallest absolute Gasteiger partial charge is 0.268 e. The Kier molecular flexibility index (Phi) is 3.24. The van der Waals surface area contributed by atoms with Crippen LogP contribution in [0.3, 0.4) is 0 Å².